The fourth-order valence-electron chi connectivity index (χ4n) is 1.44. The molecule has 0 heterocycles. The van der Waals surface area contributed by atoms with E-state index in [1.807, 2.05) is 0 Å². The lowest BCUT2D eigenvalue weighted by Gasteiger charge is -2.13. The van der Waals surface area contributed by atoms with Gasteiger partial charge < -0.3 is 19.4 Å². The molecule has 0 amide bonds. The second-order valence-electron chi connectivity index (χ2n) is 4.11. The van der Waals surface area contributed by atoms with E-state index in [0.29, 0.717) is 12.8 Å². The Balaban J connectivity index is 4.12. The standard InChI is InChI=1S/C12H20O5/c1-9(14)7-11(8-10(2)15)12(16)17-6-4-3-5-13/h11,13H,3-8H2,1-2H3. The van der Waals surface area contributed by atoms with Crippen LogP contribution in [0.15, 0.2) is 0 Å². The summed E-state index contributed by atoms with van der Waals surface area (Å²) in [5.41, 5.74) is 0. The molecule has 0 aliphatic rings. The molecule has 5 nitrogen and oxygen atoms in total. The highest BCUT2D eigenvalue weighted by molar-refractivity contribution is 5.87. The topological polar surface area (TPSA) is 80.7 Å². The third-order valence-electron chi connectivity index (χ3n) is 2.20. The number of ketones is 2. The highest BCUT2D eigenvalue weighted by atomic mass is 16.5. The summed E-state index contributed by atoms with van der Waals surface area (Å²) in [5.74, 6) is -1.44. The molecule has 0 aromatic carbocycles. The van der Waals surface area contributed by atoms with E-state index in [1.54, 1.807) is 0 Å². The van der Waals surface area contributed by atoms with Crippen molar-refractivity contribution >= 4 is 17.5 Å². The van der Waals surface area contributed by atoms with Gasteiger partial charge in [-0.2, -0.15) is 0 Å². The highest BCUT2D eigenvalue weighted by Crippen LogP contribution is 2.12. The van der Waals surface area contributed by atoms with Crippen LogP contribution in [0, 0.1) is 5.92 Å². The predicted molar refractivity (Wildman–Crippen MR) is 61.4 cm³/mol. The van der Waals surface area contributed by atoms with Gasteiger partial charge in [0.15, 0.2) is 0 Å². The van der Waals surface area contributed by atoms with Gasteiger partial charge in [-0.15, -0.1) is 0 Å². The molecule has 17 heavy (non-hydrogen) atoms. The van der Waals surface area contributed by atoms with Crippen molar-refractivity contribution in [3.05, 3.63) is 0 Å². The van der Waals surface area contributed by atoms with Crippen LogP contribution in [0.4, 0.5) is 0 Å². The summed E-state index contributed by atoms with van der Waals surface area (Å²) in [4.78, 5) is 33.5. The number of Topliss-reactive ketones (excluding diaryl/α,β-unsaturated/α-hetero) is 2. The number of aliphatic hydroxyl groups is 1. The van der Waals surface area contributed by atoms with Crippen LogP contribution in [0.25, 0.3) is 0 Å². The van der Waals surface area contributed by atoms with Gasteiger partial charge in [-0.25, -0.2) is 0 Å². The fraction of sp³-hybridized carbons (Fsp3) is 0.750. The molecule has 0 bridgehead atoms. The molecule has 0 rings (SSSR count). The average molecular weight is 244 g/mol. The Morgan fingerprint density at radius 2 is 1.59 bits per heavy atom. The molecule has 0 saturated carbocycles. The van der Waals surface area contributed by atoms with Gasteiger partial charge in [-0.05, 0) is 26.7 Å². The number of unbranched alkanes of at least 4 members (excludes halogenated alkanes) is 1. The lowest BCUT2D eigenvalue weighted by molar-refractivity contribution is -0.151. The first-order valence-corrected chi connectivity index (χ1v) is 5.73. The SMILES string of the molecule is CC(=O)CC(CC(C)=O)C(=O)OCCCCO. The van der Waals surface area contributed by atoms with Gasteiger partial charge in [-0.1, -0.05) is 0 Å². The van der Waals surface area contributed by atoms with E-state index < -0.39 is 11.9 Å². The highest BCUT2D eigenvalue weighted by Gasteiger charge is 2.23. The Bertz CT molecular complexity index is 256. The lowest BCUT2D eigenvalue weighted by atomic mass is 9.97. The van der Waals surface area contributed by atoms with Gasteiger partial charge in [0.1, 0.15) is 11.6 Å². The van der Waals surface area contributed by atoms with Crippen molar-refractivity contribution in [1.29, 1.82) is 0 Å². The van der Waals surface area contributed by atoms with E-state index >= 15 is 0 Å². The molecular weight excluding hydrogens is 224 g/mol. The molecule has 0 aliphatic carbocycles. The molecule has 0 unspecified atom stereocenters. The number of ether oxygens (including phenoxy) is 1. The van der Waals surface area contributed by atoms with Crippen molar-refractivity contribution in [3.63, 3.8) is 0 Å². The van der Waals surface area contributed by atoms with E-state index in [4.69, 9.17) is 9.84 Å². The molecule has 0 saturated heterocycles. The summed E-state index contributed by atoms with van der Waals surface area (Å²) in [6.07, 6.45) is 1.23. The summed E-state index contributed by atoms with van der Waals surface area (Å²) >= 11 is 0. The normalized spacial score (nSPS) is 10.4. The van der Waals surface area contributed by atoms with Gasteiger partial charge in [0.05, 0.1) is 12.5 Å². The van der Waals surface area contributed by atoms with Crippen LogP contribution >= 0.6 is 0 Å². The lowest BCUT2D eigenvalue weighted by Crippen LogP contribution is -2.23. The second-order valence-corrected chi connectivity index (χ2v) is 4.11. The first-order valence-electron chi connectivity index (χ1n) is 5.73. The minimum atomic E-state index is -0.667. The van der Waals surface area contributed by atoms with Gasteiger partial charge in [0.2, 0.25) is 0 Å². The Kier molecular flexibility index (Phi) is 8.23. The Labute approximate surface area is 101 Å². The van der Waals surface area contributed by atoms with E-state index in [9.17, 15) is 14.4 Å². The molecule has 0 atom stereocenters. The Morgan fingerprint density at radius 1 is 1.06 bits per heavy atom. The van der Waals surface area contributed by atoms with Crippen LogP contribution in [-0.2, 0) is 19.1 Å². The van der Waals surface area contributed by atoms with Crippen LogP contribution in [-0.4, -0.2) is 35.9 Å². The number of carbonyl (C=O) groups excluding carboxylic acids is 3. The number of aliphatic hydroxyl groups excluding tert-OH is 1. The van der Waals surface area contributed by atoms with Crippen LogP contribution in [0.5, 0.6) is 0 Å². The van der Waals surface area contributed by atoms with Crippen LogP contribution < -0.4 is 0 Å². The van der Waals surface area contributed by atoms with Crippen molar-refractivity contribution in [1.82, 2.24) is 0 Å². The number of hydrogen-bond acceptors (Lipinski definition) is 5. The Morgan fingerprint density at radius 3 is 2.00 bits per heavy atom. The molecule has 0 aromatic rings. The van der Waals surface area contributed by atoms with Crippen molar-refractivity contribution in [2.24, 2.45) is 5.92 Å². The quantitative estimate of drug-likeness (QED) is 0.481. The molecule has 0 aromatic heterocycles. The van der Waals surface area contributed by atoms with Gasteiger partial charge in [0.25, 0.3) is 0 Å². The van der Waals surface area contributed by atoms with Gasteiger partial charge in [-0.3, -0.25) is 4.79 Å². The van der Waals surface area contributed by atoms with Crippen molar-refractivity contribution in [2.75, 3.05) is 13.2 Å². The first kappa shape index (κ1) is 15.8. The monoisotopic (exact) mass is 244 g/mol. The molecule has 98 valence electrons. The maximum Gasteiger partial charge on any atom is 0.309 e. The van der Waals surface area contributed by atoms with E-state index in [2.05, 4.69) is 0 Å². The number of esters is 1. The van der Waals surface area contributed by atoms with Gasteiger partial charge >= 0.3 is 5.97 Å². The molecule has 5 heteroatoms. The van der Waals surface area contributed by atoms with Crippen molar-refractivity contribution in [2.45, 2.75) is 39.5 Å². The summed E-state index contributed by atoms with van der Waals surface area (Å²) in [7, 11) is 0. The molecule has 0 radical (unpaired) electrons. The third kappa shape index (κ3) is 8.56. The molecule has 1 N–H and O–H groups in total. The summed E-state index contributed by atoms with van der Waals surface area (Å²) in [6, 6.07) is 0. The minimum Gasteiger partial charge on any atom is -0.465 e. The summed E-state index contributed by atoms with van der Waals surface area (Å²) in [5, 5.41) is 8.55. The van der Waals surface area contributed by atoms with E-state index in [0.717, 1.165) is 0 Å². The van der Waals surface area contributed by atoms with Crippen LogP contribution in [0.2, 0.25) is 0 Å². The number of rotatable bonds is 9. The minimum absolute atomic E-state index is 0.0401. The fourth-order valence-corrected chi connectivity index (χ4v) is 1.44. The van der Waals surface area contributed by atoms with Crippen LogP contribution in [0.1, 0.15) is 39.5 Å². The first-order chi connectivity index (χ1) is 7.97. The van der Waals surface area contributed by atoms with Gasteiger partial charge in [0, 0.05) is 19.4 Å². The summed E-state index contributed by atoms with van der Waals surface area (Å²) < 4.78 is 4.95. The number of carbonyl (C=O) groups is 3. The zero-order chi connectivity index (χ0) is 13.3. The maximum atomic E-state index is 11.6. The molecule has 0 spiro atoms. The molecule has 0 fully saturated rings. The largest absolute Gasteiger partial charge is 0.465 e. The zero-order valence-electron chi connectivity index (χ0n) is 10.4. The molecule has 0 aliphatic heterocycles. The van der Waals surface area contributed by atoms with E-state index in [1.165, 1.54) is 13.8 Å². The maximum absolute atomic E-state index is 11.6. The smallest absolute Gasteiger partial charge is 0.309 e. The number of hydrogen-bond donors (Lipinski definition) is 1. The van der Waals surface area contributed by atoms with Crippen LogP contribution in [0.3, 0.4) is 0 Å². The Hall–Kier alpha value is -1.23. The molecular formula is C12H20O5. The van der Waals surface area contributed by atoms with Crippen molar-refractivity contribution < 1.29 is 24.2 Å². The summed E-state index contributed by atoms with van der Waals surface area (Å²) in [6.45, 7) is 3.03. The zero-order valence-corrected chi connectivity index (χ0v) is 10.4. The average Bonchev–Trinajstić information content (AvgIpc) is 2.22. The predicted octanol–water partition coefficient (Wildman–Crippen LogP) is 0.876. The second kappa shape index (κ2) is 8.87. The third-order valence-corrected chi connectivity index (χ3v) is 2.20. The van der Waals surface area contributed by atoms with E-state index in [-0.39, 0.29) is 37.6 Å². The van der Waals surface area contributed by atoms with Crippen molar-refractivity contribution in [3.8, 4) is 0 Å².